The Kier molecular flexibility index (Phi) is 5.66. The van der Waals surface area contributed by atoms with E-state index in [-0.39, 0.29) is 10.6 Å². The van der Waals surface area contributed by atoms with Crippen LogP contribution in [-0.2, 0) is 9.53 Å². The fraction of sp³-hybridized carbons (Fsp3) is 0.0625. The summed E-state index contributed by atoms with van der Waals surface area (Å²) in [4.78, 5) is 33.9. The molecule has 0 atom stereocenters. The number of carbonyl (C=O) groups excluding carboxylic acids is 2. The highest BCUT2D eigenvalue weighted by Crippen LogP contribution is 2.23. The lowest BCUT2D eigenvalue weighted by molar-refractivity contribution is -0.385. The van der Waals surface area contributed by atoms with E-state index < -0.39 is 29.1 Å². The minimum absolute atomic E-state index is 0.125. The van der Waals surface area contributed by atoms with E-state index in [4.69, 9.17) is 21.6 Å². The lowest BCUT2D eigenvalue weighted by Gasteiger charge is -2.07. The smallest absolute Gasteiger partial charge is 0.345 e. The molecule has 0 saturated carbocycles. The molecule has 0 saturated heterocycles. The number of rotatable bonds is 5. The van der Waals surface area contributed by atoms with E-state index in [0.717, 1.165) is 12.1 Å². The Hall–Kier alpha value is -3.44. The zero-order valence-electron chi connectivity index (χ0n) is 12.6. The molecule has 0 aliphatic rings. The predicted molar refractivity (Wildman–Crippen MR) is 88.2 cm³/mol. The van der Waals surface area contributed by atoms with E-state index in [9.17, 15) is 19.7 Å². The van der Waals surface area contributed by atoms with Crippen LogP contribution >= 0.6 is 11.6 Å². The molecule has 1 amide bonds. The molecule has 0 unspecified atom stereocenters. The van der Waals surface area contributed by atoms with Gasteiger partial charge in [-0.2, -0.15) is 5.26 Å². The number of nitro benzene ring substituents is 1. The van der Waals surface area contributed by atoms with Gasteiger partial charge < -0.3 is 10.1 Å². The van der Waals surface area contributed by atoms with Gasteiger partial charge >= 0.3 is 5.97 Å². The second-order valence-electron chi connectivity index (χ2n) is 4.73. The average molecular weight is 360 g/mol. The summed E-state index contributed by atoms with van der Waals surface area (Å²) in [6.45, 7) is -0.636. The van der Waals surface area contributed by atoms with E-state index in [1.807, 2.05) is 6.07 Å². The molecule has 126 valence electrons. The monoisotopic (exact) mass is 359 g/mol. The van der Waals surface area contributed by atoms with Crippen molar-refractivity contribution in [3.05, 3.63) is 68.7 Å². The zero-order valence-corrected chi connectivity index (χ0v) is 13.3. The maximum atomic E-state index is 12.0. The highest BCUT2D eigenvalue weighted by Gasteiger charge is 2.22. The van der Waals surface area contributed by atoms with E-state index in [1.165, 1.54) is 30.3 Å². The number of benzene rings is 2. The first-order valence-electron chi connectivity index (χ1n) is 6.82. The Labute approximate surface area is 146 Å². The Bertz CT molecular complexity index is 874. The van der Waals surface area contributed by atoms with Gasteiger partial charge in [0, 0.05) is 16.8 Å². The van der Waals surface area contributed by atoms with Crippen molar-refractivity contribution in [2.24, 2.45) is 0 Å². The summed E-state index contributed by atoms with van der Waals surface area (Å²) in [6, 6.07) is 11.4. The summed E-state index contributed by atoms with van der Waals surface area (Å²) in [5, 5.41) is 22.2. The molecule has 9 heteroatoms. The van der Waals surface area contributed by atoms with Gasteiger partial charge in [-0.05, 0) is 36.4 Å². The van der Waals surface area contributed by atoms with E-state index in [1.54, 1.807) is 0 Å². The standard InChI is InChI=1S/C16H10ClN3O5/c17-11-3-6-14(20(23)24)13(7-11)16(22)25-9-15(21)19-12-4-1-10(8-18)2-5-12/h1-7H,9H2,(H,19,21). The van der Waals surface area contributed by atoms with Crippen LogP contribution < -0.4 is 5.32 Å². The second-order valence-corrected chi connectivity index (χ2v) is 5.17. The van der Waals surface area contributed by atoms with Gasteiger partial charge in [0.25, 0.3) is 11.6 Å². The topological polar surface area (TPSA) is 122 Å². The Morgan fingerprint density at radius 1 is 1.24 bits per heavy atom. The van der Waals surface area contributed by atoms with Crippen LogP contribution in [0.5, 0.6) is 0 Å². The molecule has 0 radical (unpaired) electrons. The number of esters is 1. The van der Waals surface area contributed by atoms with Crippen molar-refractivity contribution in [3.8, 4) is 6.07 Å². The first-order chi connectivity index (χ1) is 11.9. The van der Waals surface area contributed by atoms with Gasteiger partial charge in [-0.3, -0.25) is 14.9 Å². The minimum Gasteiger partial charge on any atom is -0.452 e. The van der Waals surface area contributed by atoms with Crippen molar-refractivity contribution < 1.29 is 19.2 Å². The minimum atomic E-state index is -1.04. The van der Waals surface area contributed by atoms with Gasteiger partial charge in [0.2, 0.25) is 0 Å². The molecule has 0 aliphatic heterocycles. The van der Waals surface area contributed by atoms with Crippen LogP contribution in [0.2, 0.25) is 5.02 Å². The van der Waals surface area contributed by atoms with Crippen LogP contribution in [-0.4, -0.2) is 23.4 Å². The van der Waals surface area contributed by atoms with E-state index >= 15 is 0 Å². The summed E-state index contributed by atoms with van der Waals surface area (Å²) in [7, 11) is 0. The molecule has 2 aromatic carbocycles. The van der Waals surface area contributed by atoms with Crippen molar-refractivity contribution in [1.29, 1.82) is 5.26 Å². The third-order valence-corrected chi connectivity index (χ3v) is 3.24. The fourth-order valence-electron chi connectivity index (χ4n) is 1.86. The van der Waals surface area contributed by atoms with Gasteiger partial charge in [-0.25, -0.2) is 4.79 Å². The fourth-order valence-corrected chi connectivity index (χ4v) is 2.04. The predicted octanol–water partition coefficient (Wildman–Crippen LogP) is 2.92. The molecule has 2 rings (SSSR count). The summed E-state index contributed by atoms with van der Waals surface area (Å²) in [5.74, 6) is -1.67. The summed E-state index contributed by atoms with van der Waals surface area (Å²) in [5.41, 5.74) is 0.0250. The van der Waals surface area contributed by atoms with Crippen LogP contribution in [0.1, 0.15) is 15.9 Å². The number of nitriles is 1. The Morgan fingerprint density at radius 3 is 2.52 bits per heavy atom. The molecule has 0 spiro atoms. The normalized spacial score (nSPS) is 9.76. The first kappa shape index (κ1) is 17.9. The number of nitrogens with zero attached hydrogens (tertiary/aromatic N) is 2. The number of anilines is 1. The molecular formula is C16H10ClN3O5. The molecule has 0 fully saturated rings. The number of hydrogen-bond acceptors (Lipinski definition) is 6. The van der Waals surface area contributed by atoms with Crippen LogP contribution in [0, 0.1) is 21.4 Å². The zero-order chi connectivity index (χ0) is 18.4. The van der Waals surface area contributed by atoms with Gasteiger partial charge in [0.1, 0.15) is 5.56 Å². The van der Waals surface area contributed by atoms with Gasteiger partial charge in [-0.1, -0.05) is 11.6 Å². The molecule has 0 heterocycles. The maximum Gasteiger partial charge on any atom is 0.345 e. The average Bonchev–Trinajstić information content (AvgIpc) is 2.60. The third-order valence-electron chi connectivity index (χ3n) is 3.01. The molecular weight excluding hydrogens is 350 g/mol. The molecule has 0 aliphatic carbocycles. The van der Waals surface area contributed by atoms with Crippen LogP contribution in [0.4, 0.5) is 11.4 Å². The number of nitrogens with one attached hydrogen (secondary N) is 1. The van der Waals surface area contributed by atoms with Crippen molar-refractivity contribution in [3.63, 3.8) is 0 Å². The lowest BCUT2D eigenvalue weighted by atomic mass is 10.2. The highest BCUT2D eigenvalue weighted by atomic mass is 35.5. The molecule has 0 aromatic heterocycles. The number of hydrogen-bond donors (Lipinski definition) is 1. The molecule has 25 heavy (non-hydrogen) atoms. The van der Waals surface area contributed by atoms with Crippen LogP contribution in [0.3, 0.4) is 0 Å². The van der Waals surface area contributed by atoms with Gasteiger partial charge in [0.05, 0.1) is 16.6 Å². The van der Waals surface area contributed by atoms with Crippen LogP contribution in [0.25, 0.3) is 0 Å². The number of amides is 1. The summed E-state index contributed by atoms with van der Waals surface area (Å²) < 4.78 is 4.79. The Morgan fingerprint density at radius 2 is 1.92 bits per heavy atom. The lowest BCUT2D eigenvalue weighted by Crippen LogP contribution is -2.21. The van der Waals surface area contributed by atoms with Crippen molar-refractivity contribution in [1.82, 2.24) is 0 Å². The Balaban J connectivity index is 1.99. The van der Waals surface area contributed by atoms with Crippen molar-refractivity contribution in [2.45, 2.75) is 0 Å². The summed E-state index contributed by atoms with van der Waals surface area (Å²) in [6.07, 6.45) is 0. The SMILES string of the molecule is N#Cc1ccc(NC(=O)COC(=O)c2cc(Cl)ccc2[N+](=O)[O-])cc1. The quantitative estimate of drug-likeness (QED) is 0.497. The molecule has 0 bridgehead atoms. The molecule has 2 aromatic rings. The number of nitro groups is 1. The van der Waals surface area contributed by atoms with E-state index in [0.29, 0.717) is 11.3 Å². The van der Waals surface area contributed by atoms with Crippen LogP contribution in [0.15, 0.2) is 42.5 Å². The maximum absolute atomic E-state index is 12.0. The number of ether oxygens (including phenoxy) is 1. The molecule has 1 N–H and O–H groups in total. The second kappa shape index (κ2) is 7.90. The molecule has 8 nitrogen and oxygen atoms in total. The summed E-state index contributed by atoms with van der Waals surface area (Å²) >= 11 is 5.73. The van der Waals surface area contributed by atoms with Gasteiger partial charge in [0.15, 0.2) is 6.61 Å². The van der Waals surface area contributed by atoms with Crippen molar-refractivity contribution >= 4 is 34.9 Å². The van der Waals surface area contributed by atoms with E-state index in [2.05, 4.69) is 5.32 Å². The first-order valence-corrected chi connectivity index (χ1v) is 7.19. The van der Waals surface area contributed by atoms with Gasteiger partial charge in [-0.15, -0.1) is 0 Å². The number of carbonyl (C=O) groups is 2. The van der Waals surface area contributed by atoms with Crippen molar-refractivity contribution in [2.75, 3.05) is 11.9 Å². The third kappa shape index (κ3) is 4.76. The number of halogens is 1. The highest BCUT2D eigenvalue weighted by molar-refractivity contribution is 6.31. The largest absolute Gasteiger partial charge is 0.452 e.